The topological polar surface area (TPSA) is 86.7 Å². The molecular weight excluding hydrogens is 386 g/mol. The largest absolute Gasteiger partial charge is 0.497 e. The SMILES string of the molecule is C=C(Nc1ccccc1C(N)=Nn1cc(COC)cn1)Sc1cccc(OC)c1. The van der Waals surface area contributed by atoms with E-state index in [0.29, 0.717) is 12.4 Å². The minimum atomic E-state index is 0.333. The van der Waals surface area contributed by atoms with Crippen LogP contribution in [0.1, 0.15) is 11.1 Å². The number of thioether (sulfide) groups is 1. The first-order valence-corrected chi connectivity index (χ1v) is 9.65. The first-order valence-electron chi connectivity index (χ1n) is 8.83. The summed E-state index contributed by atoms with van der Waals surface area (Å²) in [6, 6.07) is 15.4. The van der Waals surface area contributed by atoms with Gasteiger partial charge in [0.25, 0.3) is 0 Å². The summed E-state index contributed by atoms with van der Waals surface area (Å²) in [5.74, 6) is 1.13. The van der Waals surface area contributed by atoms with Gasteiger partial charge in [0.05, 0.1) is 31.1 Å². The number of rotatable bonds is 9. The molecule has 0 saturated heterocycles. The highest BCUT2D eigenvalue weighted by Gasteiger charge is 2.09. The molecule has 0 aliphatic carbocycles. The molecule has 3 rings (SSSR count). The van der Waals surface area contributed by atoms with Gasteiger partial charge >= 0.3 is 0 Å². The molecule has 0 spiro atoms. The molecule has 7 nitrogen and oxygen atoms in total. The van der Waals surface area contributed by atoms with E-state index < -0.39 is 0 Å². The van der Waals surface area contributed by atoms with Crippen molar-refractivity contribution in [3.8, 4) is 5.75 Å². The van der Waals surface area contributed by atoms with E-state index in [9.17, 15) is 0 Å². The zero-order valence-electron chi connectivity index (χ0n) is 16.3. The number of nitrogens with two attached hydrogens (primary N) is 1. The van der Waals surface area contributed by atoms with Gasteiger partial charge in [-0.3, -0.25) is 0 Å². The summed E-state index contributed by atoms with van der Waals surface area (Å²) in [4.78, 5) is 2.45. The Morgan fingerprint density at radius 1 is 1.24 bits per heavy atom. The van der Waals surface area contributed by atoms with Crippen molar-refractivity contribution in [2.24, 2.45) is 10.8 Å². The smallest absolute Gasteiger partial charge is 0.155 e. The fourth-order valence-corrected chi connectivity index (χ4v) is 3.37. The maximum atomic E-state index is 6.24. The predicted molar refractivity (Wildman–Crippen MR) is 117 cm³/mol. The number of para-hydroxylation sites is 1. The molecule has 1 aromatic heterocycles. The van der Waals surface area contributed by atoms with Crippen LogP contribution in [0.2, 0.25) is 0 Å². The Hall–Kier alpha value is -3.23. The third-order valence-electron chi connectivity index (χ3n) is 3.90. The van der Waals surface area contributed by atoms with Crippen LogP contribution in [0.4, 0.5) is 5.69 Å². The molecule has 0 aliphatic heterocycles. The highest BCUT2D eigenvalue weighted by Crippen LogP contribution is 2.30. The molecule has 0 bridgehead atoms. The lowest BCUT2D eigenvalue weighted by molar-refractivity contribution is 0.185. The zero-order chi connectivity index (χ0) is 20.6. The molecule has 3 aromatic rings. The van der Waals surface area contributed by atoms with Crippen molar-refractivity contribution in [1.82, 2.24) is 9.89 Å². The van der Waals surface area contributed by atoms with E-state index in [1.165, 1.54) is 16.6 Å². The van der Waals surface area contributed by atoms with Crippen LogP contribution >= 0.6 is 11.8 Å². The zero-order valence-corrected chi connectivity index (χ0v) is 17.1. The van der Waals surface area contributed by atoms with Crippen LogP contribution < -0.4 is 15.8 Å². The van der Waals surface area contributed by atoms with Gasteiger partial charge < -0.3 is 20.5 Å². The Bertz CT molecular complexity index is 1020. The Morgan fingerprint density at radius 3 is 2.86 bits per heavy atom. The number of nitrogens with zero attached hydrogens (tertiary/aromatic N) is 3. The van der Waals surface area contributed by atoms with E-state index in [-0.39, 0.29) is 0 Å². The Kier molecular flexibility index (Phi) is 6.94. The summed E-state index contributed by atoms with van der Waals surface area (Å²) in [6.07, 6.45) is 3.46. The second kappa shape index (κ2) is 9.81. The van der Waals surface area contributed by atoms with Gasteiger partial charge in [0.2, 0.25) is 0 Å². The standard InChI is InChI=1S/C21H23N5O2S/c1-15(29-18-8-6-7-17(11-18)28-3)24-20-10-5-4-9-19(20)21(22)25-26-13-16(12-23-26)14-27-2/h4-13,24H,1,14H2,2-3H3,(H2,22,25). The van der Waals surface area contributed by atoms with Crippen LogP contribution in [-0.4, -0.2) is 29.9 Å². The number of hydrogen-bond donors (Lipinski definition) is 2. The van der Waals surface area contributed by atoms with Crippen LogP contribution in [0, 0.1) is 0 Å². The normalized spacial score (nSPS) is 11.3. The summed E-state index contributed by atoms with van der Waals surface area (Å²) in [7, 11) is 3.28. The molecule has 0 unspecified atom stereocenters. The van der Waals surface area contributed by atoms with Crippen molar-refractivity contribution in [2.75, 3.05) is 19.5 Å². The van der Waals surface area contributed by atoms with Gasteiger partial charge in [-0.05, 0) is 30.3 Å². The molecule has 0 amide bonds. The summed E-state index contributed by atoms with van der Waals surface area (Å²) in [6.45, 7) is 4.58. The minimum Gasteiger partial charge on any atom is -0.497 e. The predicted octanol–water partition coefficient (Wildman–Crippen LogP) is 3.88. The first kappa shape index (κ1) is 20.5. The van der Waals surface area contributed by atoms with Gasteiger partial charge in [-0.25, -0.2) is 0 Å². The number of benzene rings is 2. The van der Waals surface area contributed by atoms with Crippen LogP contribution in [0.3, 0.4) is 0 Å². The van der Waals surface area contributed by atoms with E-state index in [0.717, 1.165) is 32.5 Å². The number of nitrogens with one attached hydrogen (secondary N) is 1. The lowest BCUT2D eigenvalue weighted by Crippen LogP contribution is -2.17. The van der Waals surface area contributed by atoms with Crippen LogP contribution in [0.5, 0.6) is 5.75 Å². The van der Waals surface area contributed by atoms with Gasteiger partial charge in [0.15, 0.2) is 5.84 Å². The second-order valence-electron chi connectivity index (χ2n) is 6.06. The fraction of sp³-hybridized carbons (Fsp3) is 0.143. The molecule has 2 aromatic carbocycles. The van der Waals surface area contributed by atoms with Crippen molar-refractivity contribution in [1.29, 1.82) is 0 Å². The number of methoxy groups -OCH3 is 2. The first-order chi connectivity index (χ1) is 14.1. The maximum Gasteiger partial charge on any atom is 0.155 e. The molecule has 29 heavy (non-hydrogen) atoms. The molecule has 0 fully saturated rings. The highest BCUT2D eigenvalue weighted by atomic mass is 32.2. The van der Waals surface area contributed by atoms with Crippen molar-refractivity contribution in [3.05, 3.63) is 83.7 Å². The van der Waals surface area contributed by atoms with E-state index in [1.807, 2.05) is 48.5 Å². The van der Waals surface area contributed by atoms with Crippen molar-refractivity contribution in [2.45, 2.75) is 11.5 Å². The molecule has 0 aliphatic rings. The summed E-state index contributed by atoms with van der Waals surface area (Å²) >= 11 is 1.50. The number of ether oxygens (including phenoxy) is 2. The molecule has 0 radical (unpaired) electrons. The molecule has 8 heteroatoms. The molecule has 3 N–H and O–H groups in total. The average molecular weight is 410 g/mol. The lowest BCUT2D eigenvalue weighted by Gasteiger charge is -2.13. The Morgan fingerprint density at radius 2 is 2.07 bits per heavy atom. The summed E-state index contributed by atoms with van der Waals surface area (Å²) in [5.41, 5.74) is 8.71. The van der Waals surface area contributed by atoms with Crippen LogP contribution in [0.25, 0.3) is 0 Å². The Labute approximate surface area is 174 Å². The molecule has 0 atom stereocenters. The van der Waals surface area contributed by atoms with Gasteiger partial charge in [0.1, 0.15) is 5.75 Å². The fourth-order valence-electron chi connectivity index (χ4n) is 2.61. The third-order valence-corrected chi connectivity index (χ3v) is 4.74. The lowest BCUT2D eigenvalue weighted by atomic mass is 10.1. The van der Waals surface area contributed by atoms with E-state index in [1.54, 1.807) is 26.6 Å². The number of amidine groups is 1. The van der Waals surface area contributed by atoms with Crippen LogP contribution in [-0.2, 0) is 11.3 Å². The third kappa shape index (κ3) is 5.63. The molecule has 1 heterocycles. The maximum absolute atomic E-state index is 6.24. The van der Waals surface area contributed by atoms with E-state index >= 15 is 0 Å². The van der Waals surface area contributed by atoms with Crippen molar-refractivity contribution < 1.29 is 9.47 Å². The number of aromatic nitrogens is 2. The van der Waals surface area contributed by atoms with Gasteiger partial charge in [0, 0.05) is 28.8 Å². The average Bonchev–Trinajstić information content (AvgIpc) is 3.15. The Balaban J connectivity index is 1.75. The summed E-state index contributed by atoms with van der Waals surface area (Å²) < 4.78 is 10.4. The molecular formula is C21H23N5O2S. The molecule has 150 valence electrons. The monoisotopic (exact) mass is 409 g/mol. The van der Waals surface area contributed by atoms with Gasteiger partial charge in [-0.2, -0.15) is 9.89 Å². The number of anilines is 1. The van der Waals surface area contributed by atoms with Gasteiger partial charge in [-0.1, -0.05) is 36.5 Å². The van der Waals surface area contributed by atoms with Gasteiger partial charge in [-0.15, -0.1) is 5.10 Å². The highest BCUT2D eigenvalue weighted by molar-refractivity contribution is 8.03. The quantitative estimate of drug-likeness (QED) is 0.317. The van der Waals surface area contributed by atoms with Crippen molar-refractivity contribution >= 4 is 23.3 Å². The molecule has 0 saturated carbocycles. The number of hydrogen-bond acceptors (Lipinski definition) is 6. The van der Waals surface area contributed by atoms with Crippen LogP contribution in [0.15, 0.2) is 82.5 Å². The van der Waals surface area contributed by atoms with Crippen molar-refractivity contribution in [3.63, 3.8) is 0 Å². The second-order valence-corrected chi connectivity index (χ2v) is 7.23. The summed E-state index contributed by atoms with van der Waals surface area (Å²) in [5, 5.41) is 12.6. The van der Waals surface area contributed by atoms with E-state index in [2.05, 4.69) is 22.1 Å². The van der Waals surface area contributed by atoms with E-state index in [4.69, 9.17) is 15.2 Å². The minimum absolute atomic E-state index is 0.333.